The molecular formula is C17H21NO. The second-order valence-corrected chi connectivity index (χ2v) is 5.44. The molecule has 2 nitrogen and oxygen atoms in total. The summed E-state index contributed by atoms with van der Waals surface area (Å²) in [6.07, 6.45) is 7.09. The minimum atomic E-state index is 0.537. The third-order valence-electron chi connectivity index (χ3n) is 4.15. The van der Waals surface area contributed by atoms with Crippen LogP contribution in [0, 0.1) is 5.92 Å². The zero-order valence-electron chi connectivity index (χ0n) is 11.4. The lowest BCUT2D eigenvalue weighted by Gasteiger charge is -2.23. The van der Waals surface area contributed by atoms with Crippen molar-refractivity contribution in [2.24, 2.45) is 5.92 Å². The molecule has 0 spiro atoms. The maximum absolute atomic E-state index is 5.19. The molecule has 1 aromatic heterocycles. The van der Waals surface area contributed by atoms with Crippen molar-refractivity contribution in [3.05, 3.63) is 59.5 Å². The number of fused-ring (bicyclic) bond motifs is 1. The Labute approximate surface area is 114 Å². The highest BCUT2D eigenvalue weighted by Gasteiger charge is 2.28. The molecule has 1 aromatic carbocycles. The van der Waals surface area contributed by atoms with E-state index in [1.165, 1.54) is 29.5 Å². The van der Waals surface area contributed by atoms with Crippen molar-refractivity contribution in [3.8, 4) is 0 Å². The first-order chi connectivity index (χ1) is 9.36. The number of rotatable bonds is 5. The normalized spacial score (nSPS) is 16.5. The van der Waals surface area contributed by atoms with Gasteiger partial charge in [-0.1, -0.05) is 31.2 Å². The van der Waals surface area contributed by atoms with Crippen molar-refractivity contribution in [3.63, 3.8) is 0 Å². The maximum atomic E-state index is 5.19. The summed E-state index contributed by atoms with van der Waals surface area (Å²) in [4.78, 5) is 0. The number of benzene rings is 1. The molecule has 1 N–H and O–H groups in total. The van der Waals surface area contributed by atoms with Gasteiger partial charge in [-0.2, -0.15) is 0 Å². The molecule has 1 heterocycles. The minimum Gasteiger partial charge on any atom is -0.472 e. The summed E-state index contributed by atoms with van der Waals surface area (Å²) in [7, 11) is 0. The van der Waals surface area contributed by atoms with E-state index < -0.39 is 0 Å². The minimum absolute atomic E-state index is 0.537. The molecule has 0 amide bonds. The fourth-order valence-corrected chi connectivity index (χ4v) is 3.21. The van der Waals surface area contributed by atoms with Gasteiger partial charge >= 0.3 is 0 Å². The zero-order chi connectivity index (χ0) is 13.1. The van der Waals surface area contributed by atoms with E-state index in [1.54, 1.807) is 6.26 Å². The summed E-state index contributed by atoms with van der Waals surface area (Å²) in [6, 6.07) is 11.5. The Morgan fingerprint density at radius 3 is 2.53 bits per heavy atom. The molecule has 1 unspecified atom stereocenters. The number of nitrogens with one attached hydrogen (secondary N) is 1. The van der Waals surface area contributed by atoms with E-state index >= 15 is 0 Å². The van der Waals surface area contributed by atoms with Gasteiger partial charge in [0.2, 0.25) is 0 Å². The summed E-state index contributed by atoms with van der Waals surface area (Å²) in [5.74, 6) is 0.701. The predicted molar refractivity (Wildman–Crippen MR) is 77.2 cm³/mol. The average molecular weight is 255 g/mol. The molecule has 0 radical (unpaired) electrons. The molecule has 2 heteroatoms. The predicted octanol–water partition coefficient (Wildman–Crippen LogP) is 3.22. The second-order valence-electron chi connectivity index (χ2n) is 5.44. The fourth-order valence-electron chi connectivity index (χ4n) is 3.21. The smallest absolute Gasteiger partial charge is 0.0935 e. The van der Waals surface area contributed by atoms with Gasteiger partial charge in [0.25, 0.3) is 0 Å². The Balaban J connectivity index is 1.72. The van der Waals surface area contributed by atoms with Crippen molar-refractivity contribution in [2.75, 3.05) is 6.54 Å². The number of hydrogen-bond donors (Lipinski definition) is 1. The van der Waals surface area contributed by atoms with E-state index in [4.69, 9.17) is 4.42 Å². The number of likely N-dealkylation sites (N-methyl/N-ethyl adjacent to an activating group) is 1. The Morgan fingerprint density at radius 1 is 1.21 bits per heavy atom. The summed E-state index contributed by atoms with van der Waals surface area (Å²) >= 11 is 0. The van der Waals surface area contributed by atoms with Crippen LogP contribution in [0.1, 0.15) is 23.6 Å². The molecule has 0 saturated heterocycles. The van der Waals surface area contributed by atoms with Gasteiger partial charge in [0.15, 0.2) is 0 Å². The van der Waals surface area contributed by atoms with Crippen LogP contribution in [0.15, 0.2) is 47.3 Å². The Bertz CT molecular complexity index is 493. The quantitative estimate of drug-likeness (QED) is 0.887. The van der Waals surface area contributed by atoms with Crippen molar-refractivity contribution in [2.45, 2.75) is 32.2 Å². The van der Waals surface area contributed by atoms with E-state index in [-0.39, 0.29) is 0 Å². The third kappa shape index (κ3) is 2.74. The molecule has 0 fully saturated rings. The van der Waals surface area contributed by atoms with E-state index in [0.29, 0.717) is 12.0 Å². The van der Waals surface area contributed by atoms with Gasteiger partial charge in [-0.3, -0.25) is 0 Å². The lowest BCUT2D eigenvalue weighted by atomic mass is 9.92. The highest BCUT2D eigenvalue weighted by molar-refractivity contribution is 5.32. The standard InChI is InChI=1S/C17H21NO/c1-2-18-17(9-13-7-8-19-12-13)16-10-14-5-3-4-6-15(14)11-16/h3-8,12,16-18H,2,9-11H2,1H3. The van der Waals surface area contributed by atoms with E-state index in [2.05, 4.69) is 42.6 Å². The van der Waals surface area contributed by atoms with Gasteiger partial charge in [-0.25, -0.2) is 0 Å². The molecule has 0 aliphatic heterocycles. The molecule has 0 saturated carbocycles. The molecular weight excluding hydrogens is 234 g/mol. The molecule has 1 atom stereocenters. The largest absolute Gasteiger partial charge is 0.472 e. The van der Waals surface area contributed by atoms with Crippen LogP contribution < -0.4 is 5.32 Å². The van der Waals surface area contributed by atoms with Crippen LogP contribution in [0.4, 0.5) is 0 Å². The van der Waals surface area contributed by atoms with Gasteiger partial charge < -0.3 is 9.73 Å². The first kappa shape index (κ1) is 12.5. The summed E-state index contributed by atoms with van der Waals surface area (Å²) < 4.78 is 5.19. The van der Waals surface area contributed by atoms with Crippen LogP contribution >= 0.6 is 0 Å². The Kier molecular flexibility index (Phi) is 3.69. The third-order valence-corrected chi connectivity index (χ3v) is 4.15. The van der Waals surface area contributed by atoms with Gasteiger partial charge in [-0.15, -0.1) is 0 Å². The Hall–Kier alpha value is -1.54. The maximum Gasteiger partial charge on any atom is 0.0935 e. The van der Waals surface area contributed by atoms with Crippen LogP contribution in [0.5, 0.6) is 0 Å². The first-order valence-electron chi connectivity index (χ1n) is 7.18. The summed E-state index contributed by atoms with van der Waals surface area (Å²) in [5, 5.41) is 3.66. The molecule has 1 aliphatic rings. The van der Waals surface area contributed by atoms with Crippen LogP contribution in [0.25, 0.3) is 0 Å². The highest BCUT2D eigenvalue weighted by Crippen LogP contribution is 2.29. The second kappa shape index (κ2) is 5.62. The fraction of sp³-hybridized carbons (Fsp3) is 0.412. The van der Waals surface area contributed by atoms with E-state index in [0.717, 1.165) is 13.0 Å². The summed E-state index contributed by atoms with van der Waals surface area (Å²) in [6.45, 7) is 3.21. The highest BCUT2D eigenvalue weighted by atomic mass is 16.3. The van der Waals surface area contributed by atoms with Crippen molar-refractivity contribution in [1.82, 2.24) is 5.32 Å². The van der Waals surface area contributed by atoms with Crippen molar-refractivity contribution < 1.29 is 4.42 Å². The van der Waals surface area contributed by atoms with Crippen LogP contribution in [0.2, 0.25) is 0 Å². The van der Waals surface area contributed by atoms with Crippen LogP contribution in [0.3, 0.4) is 0 Å². The van der Waals surface area contributed by atoms with Gasteiger partial charge in [0.05, 0.1) is 12.5 Å². The lowest BCUT2D eigenvalue weighted by Crippen LogP contribution is -2.38. The van der Waals surface area contributed by atoms with Crippen LogP contribution in [-0.2, 0) is 19.3 Å². The average Bonchev–Trinajstić information content (AvgIpc) is 3.06. The molecule has 19 heavy (non-hydrogen) atoms. The molecule has 3 rings (SSSR count). The van der Waals surface area contributed by atoms with E-state index in [1.807, 2.05) is 6.26 Å². The Morgan fingerprint density at radius 2 is 1.95 bits per heavy atom. The van der Waals surface area contributed by atoms with Gasteiger partial charge in [0, 0.05) is 6.04 Å². The topological polar surface area (TPSA) is 25.2 Å². The molecule has 0 bridgehead atoms. The van der Waals surface area contributed by atoms with Crippen molar-refractivity contribution in [1.29, 1.82) is 0 Å². The number of hydrogen-bond acceptors (Lipinski definition) is 2. The molecule has 100 valence electrons. The molecule has 1 aliphatic carbocycles. The van der Waals surface area contributed by atoms with Gasteiger partial charge in [-0.05, 0) is 54.5 Å². The van der Waals surface area contributed by atoms with Gasteiger partial charge in [0.1, 0.15) is 0 Å². The summed E-state index contributed by atoms with van der Waals surface area (Å²) in [5.41, 5.74) is 4.35. The number of furan rings is 1. The van der Waals surface area contributed by atoms with E-state index in [9.17, 15) is 0 Å². The monoisotopic (exact) mass is 255 g/mol. The van der Waals surface area contributed by atoms with Crippen molar-refractivity contribution >= 4 is 0 Å². The SMILES string of the molecule is CCNC(Cc1ccoc1)C1Cc2ccccc2C1. The molecule has 2 aromatic rings. The zero-order valence-corrected chi connectivity index (χ0v) is 11.4. The lowest BCUT2D eigenvalue weighted by molar-refractivity contribution is 0.367. The first-order valence-corrected chi connectivity index (χ1v) is 7.18. The van der Waals surface area contributed by atoms with Crippen LogP contribution in [-0.4, -0.2) is 12.6 Å².